The van der Waals surface area contributed by atoms with Gasteiger partial charge in [-0.3, -0.25) is 4.90 Å². The van der Waals surface area contributed by atoms with Gasteiger partial charge in [-0.05, 0) is 25.1 Å². The molecule has 1 aliphatic rings. The number of hydrogen-bond acceptors (Lipinski definition) is 3. The number of thiocarbonyl (C=S) groups is 1. The van der Waals surface area contributed by atoms with Crippen LogP contribution < -0.4 is 10.2 Å². The van der Waals surface area contributed by atoms with Crippen molar-refractivity contribution in [3.63, 3.8) is 0 Å². The van der Waals surface area contributed by atoms with Gasteiger partial charge >= 0.3 is 6.18 Å². The summed E-state index contributed by atoms with van der Waals surface area (Å²) in [6.07, 6.45) is -4.29. The van der Waals surface area contributed by atoms with Crippen LogP contribution >= 0.6 is 12.2 Å². The quantitative estimate of drug-likeness (QED) is 0.855. The van der Waals surface area contributed by atoms with E-state index in [2.05, 4.69) is 10.2 Å². The fourth-order valence-corrected chi connectivity index (χ4v) is 2.60. The Balaban J connectivity index is 1.88. The van der Waals surface area contributed by atoms with E-state index in [0.29, 0.717) is 5.69 Å². The molecule has 1 fully saturated rings. The molecule has 1 aromatic carbocycles. The van der Waals surface area contributed by atoms with E-state index in [4.69, 9.17) is 12.2 Å². The number of benzene rings is 1. The molecule has 0 aliphatic carbocycles. The second kappa shape index (κ2) is 7.28. The maximum Gasteiger partial charge on any atom is 0.416 e. The molecule has 0 spiro atoms. The predicted octanol–water partition coefficient (Wildman–Crippen LogP) is 2.76. The predicted molar refractivity (Wildman–Crippen MR) is 86.4 cm³/mol. The number of nitrogens with zero attached hydrogens (tertiary/aromatic N) is 2. The topological polar surface area (TPSA) is 18.5 Å². The summed E-state index contributed by atoms with van der Waals surface area (Å²) in [6.45, 7) is 6.70. The summed E-state index contributed by atoms with van der Waals surface area (Å²) in [5.74, 6) is 0. The van der Waals surface area contributed by atoms with Gasteiger partial charge in [-0.25, -0.2) is 0 Å². The SMILES string of the molecule is CC(=S)NCCN1CCN(c2cccc(C(F)(F)F)c2)CC1. The first-order chi connectivity index (χ1) is 10.4. The molecule has 1 heterocycles. The number of alkyl halides is 3. The highest BCUT2D eigenvalue weighted by Gasteiger charge is 2.31. The van der Waals surface area contributed by atoms with Crippen molar-refractivity contribution in [1.82, 2.24) is 10.2 Å². The van der Waals surface area contributed by atoms with Crippen molar-refractivity contribution in [3.05, 3.63) is 29.8 Å². The zero-order valence-corrected chi connectivity index (χ0v) is 13.3. The molecule has 0 amide bonds. The highest BCUT2D eigenvalue weighted by Crippen LogP contribution is 2.31. The Bertz CT molecular complexity index is 511. The molecule has 1 N–H and O–H groups in total. The lowest BCUT2D eigenvalue weighted by atomic mass is 10.1. The number of rotatable bonds is 4. The highest BCUT2D eigenvalue weighted by atomic mass is 32.1. The average molecular weight is 331 g/mol. The van der Waals surface area contributed by atoms with E-state index in [1.54, 1.807) is 6.07 Å². The molecule has 3 nitrogen and oxygen atoms in total. The van der Waals surface area contributed by atoms with Crippen LogP contribution in [-0.4, -0.2) is 49.2 Å². The maximum absolute atomic E-state index is 12.8. The number of halogens is 3. The summed E-state index contributed by atoms with van der Waals surface area (Å²) >= 11 is 4.96. The third-order valence-corrected chi connectivity index (χ3v) is 3.86. The van der Waals surface area contributed by atoms with E-state index in [0.717, 1.165) is 50.3 Å². The number of piperazine rings is 1. The molecule has 122 valence electrons. The van der Waals surface area contributed by atoms with Crippen molar-refractivity contribution in [3.8, 4) is 0 Å². The van der Waals surface area contributed by atoms with Crippen LogP contribution in [-0.2, 0) is 6.18 Å². The van der Waals surface area contributed by atoms with E-state index in [1.807, 2.05) is 11.8 Å². The van der Waals surface area contributed by atoms with Crippen LogP contribution in [0.25, 0.3) is 0 Å². The Morgan fingerprint density at radius 1 is 1.23 bits per heavy atom. The minimum absolute atomic E-state index is 0.590. The van der Waals surface area contributed by atoms with E-state index in [-0.39, 0.29) is 0 Å². The van der Waals surface area contributed by atoms with Gasteiger partial charge in [-0.1, -0.05) is 18.3 Å². The summed E-state index contributed by atoms with van der Waals surface area (Å²) in [6, 6.07) is 5.55. The second-order valence-corrected chi connectivity index (χ2v) is 5.97. The molecule has 0 bridgehead atoms. The minimum atomic E-state index is -4.29. The Kier molecular flexibility index (Phi) is 5.63. The third-order valence-electron chi connectivity index (χ3n) is 3.71. The first-order valence-electron chi connectivity index (χ1n) is 7.25. The molecule has 0 radical (unpaired) electrons. The molecular formula is C15H20F3N3S. The molecule has 7 heteroatoms. The van der Waals surface area contributed by atoms with E-state index < -0.39 is 11.7 Å². The normalized spacial score (nSPS) is 16.6. The van der Waals surface area contributed by atoms with Crippen molar-refractivity contribution >= 4 is 22.9 Å². The van der Waals surface area contributed by atoms with Gasteiger partial charge in [0.2, 0.25) is 0 Å². The van der Waals surface area contributed by atoms with Crippen LogP contribution in [0.2, 0.25) is 0 Å². The molecule has 0 atom stereocenters. The van der Waals surface area contributed by atoms with Crippen molar-refractivity contribution in [2.75, 3.05) is 44.2 Å². The molecule has 22 heavy (non-hydrogen) atoms. The number of hydrogen-bond donors (Lipinski definition) is 1. The van der Waals surface area contributed by atoms with Crippen LogP contribution in [0.3, 0.4) is 0 Å². The molecule has 1 aliphatic heterocycles. The van der Waals surface area contributed by atoms with Gasteiger partial charge in [-0.15, -0.1) is 0 Å². The Morgan fingerprint density at radius 2 is 1.91 bits per heavy atom. The van der Waals surface area contributed by atoms with Gasteiger partial charge in [0.1, 0.15) is 0 Å². The fourth-order valence-electron chi connectivity index (χ4n) is 2.50. The summed E-state index contributed by atoms with van der Waals surface area (Å²) in [4.78, 5) is 5.07. The van der Waals surface area contributed by atoms with E-state index in [9.17, 15) is 13.2 Å². The molecule has 1 aromatic rings. The van der Waals surface area contributed by atoms with Crippen LogP contribution in [0.4, 0.5) is 18.9 Å². The average Bonchev–Trinajstić information content (AvgIpc) is 2.47. The summed E-state index contributed by atoms with van der Waals surface area (Å²) < 4.78 is 38.3. The van der Waals surface area contributed by atoms with Crippen LogP contribution in [0.5, 0.6) is 0 Å². The minimum Gasteiger partial charge on any atom is -0.379 e. The van der Waals surface area contributed by atoms with Gasteiger partial charge < -0.3 is 10.2 Å². The van der Waals surface area contributed by atoms with Crippen LogP contribution in [0.15, 0.2) is 24.3 Å². The Labute approximate surface area is 134 Å². The molecule has 0 aromatic heterocycles. The van der Waals surface area contributed by atoms with Crippen molar-refractivity contribution in [1.29, 1.82) is 0 Å². The second-order valence-electron chi connectivity index (χ2n) is 5.36. The molecule has 1 saturated heterocycles. The largest absolute Gasteiger partial charge is 0.416 e. The lowest BCUT2D eigenvalue weighted by Gasteiger charge is -2.36. The monoisotopic (exact) mass is 331 g/mol. The molecule has 0 saturated carbocycles. The smallest absolute Gasteiger partial charge is 0.379 e. The van der Waals surface area contributed by atoms with Crippen molar-refractivity contribution < 1.29 is 13.2 Å². The van der Waals surface area contributed by atoms with Gasteiger partial charge in [0, 0.05) is 45.0 Å². The van der Waals surface area contributed by atoms with Crippen LogP contribution in [0, 0.1) is 0 Å². The van der Waals surface area contributed by atoms with E-state index >= 15 is 0 Å². The van der Waals surface area contributed by atoms with Gasteiger partial charge in [0.05, 0.1) is 10.6 Å². The molecule has 0 unspecified atom stereocenters. The zero-order chi connectivity index (χ0) is 16.2. The lowest BCUT2D eigenvalue weighted by molar-refractivity contribution is -0.137. The van der Waals surface area contributed by atoms with Crippen LogP contribution in [0.1, 0.15) is 12.5 Å². The summed E-state index contributed by atoms with van der Waals surface area (Å²) in [7, 11) is 0. The Morgan fingerprint density at radius 3 is 2.50 bits per heavy atom. The highest BCUT2D eigenvalue weighted by molar-refractivity contribution is 7.80. The Hall–Kier alpha value is -1.34. The third kappa shape index (κ3) is 4.84. The number of anilines is 1. The standard InChI is InChI=1S/C15H20F3N3S/c1-12(22)19-5-6-20-7-9-21(10-8-20)14-4-2-3-13(11-14)15(16,17)18/h2-4,11H,5-10H2,1H3,(H,19,22). The summed E-state index contributed by atoms with van der Waals surface area (Å²) in [5, 5.41) is 3.11. The van der Waals surface area contributed by atoms with Crippen molar-refractivity contribution in [2.45, 2.75) is 13.1 Å². The number of nitrogens with one attached hydrogen (secondary N) is 1. The maximum atomic E-state index is 12.8. The summed E-state index contributed by atoms with van der Waals surface area (Å²) in [5.41, 5.74) is 0.0513. The van der Waals surface area contributed by atoms with Gasteiger partial charge in [0.15, 0.2) is 0 Å². The van der Waals surface area contributed by atoms with Gasteiger partial charge in [0.25, 0.3) is 0 Å². The van der Waals surface area contributed by atoms with Gasteiger partial charge in [-0.2, -0.15) is 13.2 Å². The zero-order valence-electron chi connectivity index (χ0n) is 12.5. The first kappa shape index (κ1) is 17.0. The van der Waals surface area contributed by atoms with E-state index in [1.165, 1.54) is 12.1 Å². The fraction of sp³-hybridized carbons (Fsp3) is 0.533. The molecule has 2 rings (SSSR count). The molecular weight excluding hydrogens is 311 g/mol. The lowest BCUT2D eigenvalue weighted by Crippen LogP contribution is -2.48. The first-order valence-corrected chi connectivity index (χ1v) is 7.66. The van der Waals surface area contributed by atoms with Crippen molar-refractivity contribution in [2.24, 2.45) is 0 Å².